The maximum absolute atomic E-state index is 10.0. The van der Waals surface area contributed by atoms with Crippen molar-refractivity contribution in [3.8, 4) is 6.07 Å². The first kappa shape index (κ1) is 17.8. The molecule has 3 aromatic rings. The summed E-state index contributed by atoms with van der Waals surface area (Å²) in [5.74, 6) is 1.26. The lowest BCUT2D eigenvalue weighted by Crippen LogP contribution is -2.44. The highest BCUT2D eigenvalue weighted by atomic mass is 15.3. The van der Waals surface area contributed by atoms with Gasteiger partial charge in [-0.05, 0) is 41.5 Å². The zero-order valence-electron chi connectivity index (χ0n) is 15.3. The van der Waals surface area contributed by atoms with Gasteiger partial charge in [-0.3, -0.25) is 4.40 Å². The molecule has 5 heteroatoms. The SMILES string of the molecule is C.CC1(C)CCc2c1c(C#N)c1nc3ccccc3n1c2N1CCNCC1. The zero-order chi connectivity index (χ0) is 17.9. The van der Waals surface area contributed by atoms with Crippen LogP contribution in [-0.2, 0) is 11.8 Å². The number of aromatic nitrogens is 2. The van der Waals surface area contributed by atoms with Gasteiger partial charge in [-0.25, -0.2) is 4.98 Å². The monoisotopic (exact) mass is 361 g/mol. The van der Waals surface area contributed by atoms with Crippen molar-refractivity contribution < 1.29 is 0 Å². The Morgan fingerprint density at radius 2 is 1.93 bits per heavy atom. The minimum absolute atomic E-state index is 0. The molecule has 0 amide bonds. The van der Waals surface area contributed by atoms with Crippen LogP contribution in [0.1, 0.15) is 44.4 Å². The largest absolute Gasteiger partial charge is 0.355 e. The van der Waals surface area contributed by atoms with Crippen molar-refractivity contribution in [2.75, 3.05) is 31.1 Å². The number of rotatable bonds is 1. The Labute approximate surface area is 160 Å². The van der Waals surface area contributed by atoms with Crippen molar-refractivity contribution in [2.24, 2.45) is 0 Å². The van der Waals surface area contributed by atoms with E-state index in [1.807, 2.05) is 12.1 Å². The number of imidazole rings is 1. The second-order valence-corrected chi connectivity index (χ2v) is 8.04. The lowest BCUT2D eigenvalue weighted by atomic mass is 9.84. The molecule has 27 heavy (non-hydrogen) atoms. The van der Waals surface area contributed by atoms with Crippen LogP contribution in [0.15, 0.2) is 24.3 Å². The molecule has 3 heterocycles. The van der Waals surface area contributed by atoms with Crippen LogP contribution in [0.5, 0.6) is 0 Å². The molecule has 0 unspecified atom stereocenters. The number of para-hydroxylation sites is 2. The summed E-state index contributed by atoms with van der Waals surface area (Å²) in [6.45, 7) is 8.49. The summed E-state index contributed by atoms with van der Waals surface area (Å²) in [5, 5.41) is 13.5. The van der Waals surface area contributed by atoms with E-state index in [1.165, 1.54) is 16.9 Å². The molecular weight excluding hydrogens is 334 g/mol. The highest BCUT2D eigenvalue weighted by Gasteiger charge is 2.38. The predicted octanol–water partition coefficient (Wildman–Crippen LogP) is 3.63. The molecule has 1 N–H and O–H groups in total. The first-order chi connectivity index (χ1) is 12.6. The van der Waals surface area contributed by atoms with Crippen molar-refractivity contribution in [2.45, 2.75) is 39.5 Å². The lowest BCUT2D eigenvalue weighted by Gasteiger charge is -2.33. The van der Waals surface area contributed by atoms with Crippen LogP contribution in [0.4, 0.5) is 5.82 Å². The molecule has 2 aliphatic rings. The smallest absolute Gasteiger partial charge is 0.157 e. The van der Waals surface area contributed by atoms with Gasteiger partial charge in [0.15, 0.2) is 5.65 Å². The molecule has 0 radical (unpaired) electrons. The Morgan fingerprint density at radius 1 is 1.19 bits per heavy atom. The average molecular weight is 361 g/mol. The Balaban J connectivity index is 0.00000180. The van der Waals surface area contributed by atoms with E-state index < -0.39 is 0 Å². The van der Waals surface area contributed by atoms with Gasteiger partial charge in [-0.15, -0.1) is 0 Å². The van der Waals surface area contributed by atoms with Crippen molar-refractivity contribution in [1.82, 2.24) is 14.7 Å². The normalized spacial score (nSPS) is 18.3. The highest BCUT2D eigenvalue weighted by Crippen LogP contribution is 2.46. The van der Waals surface area contributed by atoms with E-state index in [2.05, 4.69) is 46.7 Å². The molecule has 1 fully saturated rings. The van der Waals surface area contributed by atoms with E-state index in [0.717, 1.165) is 61.3 Å². The summed E-state index contributed by atoms with van der Waals surface area (Å²) in [5.41, 5.74) is 6.22. The number of pyridine rings is 1. The molecule has 1 saturated heterocycles. The number of nitrogens with zero attached hydrogens (tertiary/aromatic N) is 4. The number of nitrogens with one attached hydrogen (secondary N) is 1. The Hall–Kier alpha value is -2.58. The number of nitriles is 1. The van der Waals surface area contributed by atoms with Gasteiger partial charge < -0.3 is 10.2 Å². The number of hydrogen-bond acceptors (Lipinski definition) is 4. The molecule has 0 saturated carbocycles. The van der Waals surface area contributed by atoms with Crippen LogP contribution in [0, 0.1) is 11.3 Å². The molecule has 5 rings (SSSR count). The Bertz CT molecular complexity index is 1060. The highest BCUT2D eigenvalue weighted by molar-refractivity contribution is 5.87. The van der Waals surface area contributed by atoms with Crippen LogP contribution in [0.2, 0.25) is 0 Å². The number of benzene rings is 1. The van der Waals surface area contributed by atoms with Crippen molar-refractivity contribution >= 4 is 22.5 Å². The van der Waals surface area contributed by atoms with Crippen LogP contribution in [0.25, 0.3) is 16.7 Å². The molecule has 0 atom stereocenters. The van der Waals surface area contributed by atoms with E-state index in [4.69, 9.17) is 4.98 Å². The molecule has 0 bridgehead atoms. The van der Waals surface area contributed by atoms with Gasteiger partial charge in [-0.1, -0.05) is 33.4 Å². The van der Waals surface area contributed by atoms with Gasteiger partial charge in [0.25, 0.3) is 0 Å². The minimum Gasteiger partial charge on any atom is -0.355 e. The number of piperazine rings is 1. The molecule has 140 valence electrons. The van der Waals surface area contributed by atoms with Gasteiger partial charge in [0.05, 0.1) is 16.6 Å². The fraction of sp³-hybridized carbons (Fsp3) is 0.455. The first-order valence-corrected chi connectivity index (χ1v) is 9.44. The van der Waals surface area contributed by atoms with Gasteiger partial charge in [0, 0.05) is 26.2 Å². The molecule has 1 aromatic carbocycles. The summed E-state index contributed by atoms with van der Waals surface area (Å²) < 4.78 is 2.25. The topological polar surface area (TPSA) is 56.4 Å². The summed E-state index contributed by atoms with van der Waals surface area (Å²) in [4.78, 5) is 7.37. The first-order valence-electron chi connectivity index (χ1n) is 9.44. The van der Waals surface area contributed by atoms with E-state index in [9.17, 15) is 5.26 Å². The second-order valence-electron chi connectivity index (χ2n) is 8.04. The fourth-order valence-electron chi connectivity index (χ4n) is 4.78. The van der Waals surface area contributed by atoms with E-state index in [-0.39, 0.29) is 12.8 Å². The second kappa shape index (κ2) is 6.24. The maximum atomic E-state index is 10.0. The number of anilines is 1. The average Bonchev–Trinajstić information content (AvgIpc) is 3.19. The summed E-state index contributed by atoms with van der Waals surface area (Å²) >= 11 is 0. The Kier molecular flexibility index (Phi) is 4.12. The third-order valence-electron chi connectivity index (χ3n) is 6.02. The van der Waals surface area contributed by atoms with Crippen molar-refractivity contribution in [3.05, 3.63) is 41.0 Å². The quantitative estimate of drug-likeness (QED) is 0.719. The third kappa shape index (κ3) is 2.44. The van der Waals surface area contributed by atoms with Crippen molar-refractivity contribution in [3.63, 3.8) is 0 Å². The molecule has 1 aliphatic heterocycles. The molecule has 0 spiro atoms. The molecule has 5 nitrogen and oxygen atoms in total. The summed E-state index contributed by atoms with van der Waals surface area (Å²) in [6, 6.07) is 10.7. The molecule has 2 aromatic heterocycles. The van der Waals surface area contributed by atoms with Crippen LogP contribution in [0.3, 0.4) is 0 Å². The van der Waals surface area contributed by atoms with Crippen LogP contribution in [-0.4, -0.2) is 35.6 Å². The Morgan fingerprint density at radius 3 is 2.67 bits per heavy atom. The van der Waals surface area contributed by atoms with E-state index >= 15 is 0 Å². The zero-order valence-corrected chi connectivity index (χ0v) is 15.3. The lowest BCUT2D eigenvalue weighted by molar-refractivity contribution is 0.521. The van der Waals surface area contributed by atoms with E-state index in [0.29, 0.717) is 0 Å². The summed E-state index contributed by atoms with van der Waals surface area (Å²) in [7, 11) is 0. The van der Waals surface area contributed by atoms with E-state index in [1.54, 1.807) is 0 Å². The standard InChI is InChI=1S/C21H23N5.CH4/c1-21(2)8-7-14-18(21)15(13-22)19-24-16-5-3-4-6-17(16)26(19)20(14)25-11-9-23-10-12-25;/h3-6,23H,7-12H2,1-2H3;1H4. The predicted molar refractivity (Wildman–Crippen MR) is 111 cm³/mol. The van der Waals surface area contributed by atoms with Gasteiger partial charge in [0.2, 0.25) is 0 Å². The van der Waals surface area contributed by atoms with Gasteiger partial charge in [-0.2, -0.15) is 5.26 Å². The van der Waals surface area contributed by atoms with Gasteiger partial charge >= 0.3 is 0 Å². The molecule has 1 aliphatic carbocycles. The third-order valence-corrected chi connectivity index (χ3v) is 6.02. The maximum Gasteiger partial charge on any atom is 0.157 e. The summed E-state index contributed by atoms with van der Waals surface area (Å²) in [6.07, 6.45) is 2.11. The van der Waals surface area contributed by atoms with Crippen LogP contribution < -0.4 is 10.2 Å². The van der Waals surface area contributed by atoms with Crippen LogP contribution >= 0.6 is 0 Å². The van der Waals surface area contributed by atoms with Gasteiger partial charge in [0.1, 0.15) is 11.9 Å². The molecular formula is C22H27N5. The minimum atomic E-state index is 0. The fourth-order valence-corrected chi connectivity index (χ4v) is 4.78. The van der Waals surface area contributed by atoms with Crippen molar-refractivity contribution in [1.29, 1.82) is 5.26 Å². The number of hydrogen-bond donors (Lipinski definition) is 1. The number of fused-ring (bicyclic) bond motifs is 4.